The Bertz CT molecular complexity index is 519. The van der Waals surface area contributed by atoms with E-state index in [0.717, 1.165) is 41.5 Å². The summed E-state index contributed by atoms with van der Waals surface area (Å²) in [6.07, 6.45) is 5.13. The van der Waals surface area contributed by atoms with Crippen molar-refractivity contribution in [3.05, 3.63) is 15.4 Å². The van der Waals surface area contributed by atoms with Gasteiger partial charge in [-0.2, -0.15) is 4.31 Å². The van der Waals surface area contributed by atoms with Crippen molar-refractivity contribution in [1.29, 1.82) is 0 Å². The molecule has 1 aromatic heterocycles. The number of halogens is 1. The molecule has 0 N–H and O–H groups in total. The lowest BCUT2D eigenvalue weighted by Crippen LogP contribution is -2.39. The van der Waals surface area contributed by atoms with E-state index in [1.807, 2.05) is 6.92 Å². The highest BCUT2D eigenvalue weighted by molar-refractivity contribution is 9.11. The van der Waals surface area contributed by atoms with Gasteiger partial charge in [0.05, 0.1) is 3.79 Å². The number of aryl methyl sites for hydroxylation is 1. The molecule has 1 aromatic rings. The van der Waals surface area contributed by atoms with Crippen LogP contribution >= 0.6 is 27.3 Å². The second kappa shape index (κ2) is 6.24. The molecule has 2 rings (SSSR count). The first kappa shape index (κ1) is 15.5. The molecule has 0 aliphatic carbocycles. The molecule has 108 valence electrons. The molecular weight excluding hydrogens is 346 g/mol. The monoisotopic (exact) mass is 365 g/mol. The molecule has 2 heterocycles. The Morgan fingerprint density at radius 2 is 2.16 bits per heavy atom. The predicted octanol–water partition coefficient (Wildman–Crippen LogP) is 4.16. The molecule has 6 heteroatoms. The van der Waals surface area contributed by atoms with E-state index in [9.17, 15) is 8.42 Å². The Hall–Kier alpha value is 0.0900. The van der Waals surface area contributed by atoms with Crippen molar-refractivity contribution in [3.63, 3.8) is 0 Å². The maximum atomic E-state index is 12.8. The van der Waals surface area contributed by atoms with Gasteiger partial charge in [-0.15, -0.1) is 11.3 Å². The Balaban J connectivity index is 2.35. The number of hydrogen-bond acceptors (Lipinski definition) is 3. The minimum absolute atomic E-state index is 0.161. The van der Waals surface area contributed by atoms with Gasteiger partial charge in [0.15, 0.2) is 0 Å². The van der Waals surface area contributed by atoms with E-state index in [-0.39, 0.29) is 6.04 Å². The molecular formula is C13H20BrNO2S2. The van der Waals surface area contributed by atoms with Crippen LogP contribution in [0.25, 0.3) is 0 Å². The summed E-state index contributed by atoms with van der Waals surface area (Å²) in [5, 5.41) is 0. The van der Waals surface area contributed by atoms with Crippen molar-refractivity contribution in [1.82, 2.24) is 4.31 Å². The molecule has 3 nitrogen and oxygen atoms in total. The van der Waals surface area contributed by atoms with Gasteiger partial charge < -0.3 is 0 Å². The summed E-state index contributed by atoms with van der Waals surface area (Å²) in [6.45, 7) is 4.67. The lowest BCUT2D eigenvalue weighted by Gasteiger charge is -2.27. The SMILES string of the molecule is CCC1CCCCCN1S(=O)(=O)c1cc(C)c(Br)s1. The number of rotatable bonds is 3. The van der Waals surface area contributed by atoms with Gasteiger partial charge in [0.2, 0.25) is 0 Å². The van der Waals surface area contributed by atoms with Crippen LogP contribution in [0.1, 0.15) is 44.6 Å². The summed E-state index contributed by atoms with van der Waals surface area (Å²) >= 11 is 4.74. The van der Waals surface area contributed by atoms with Crippen LogP contribution in [0.2, 0.25) is 0 Å². The van der Waals surface area contributed by atoms with Crippen molar-refractivity contribution in [2.24, 2.45) is 0 Å². The van der Waals surface area contributed by atoms with E-state index in [2.05, 4.69) is 22.9 Å². The first-order valence-electron chi connectivity index (χ1n) is 6.74. The fraction of sp³-hybridized carbons (Fsp3) is 0.692. The minimum Gasteiger partial charge on any atom is -0.206 e. The van der Waals surface area contributed by atoms with Crippen LogP contribution in [0.15, 0.2) is 14.1 Å². The number of sulfonamides is 1. The van der Waals surface area contributed by atoms with Crippen molar-refractivity contribution in [2.45, 2.75) is 56.2 Å². The number of thiophene rings is 1. The molecule has 0 radical (unpaired) electrons. The third-order valence-electron chi connectivity index (χ3n) is 3.69. The molecule has 0 aromatic carbocycles. The molecule has 1 saturated heterocycles. The van der Waals surface area contributed by atoms with Gasteiger partial charge in [-0.05, 0) is 53.7 Å². The average Bonchev–Trinajstić information content (AvgIpc) is 2.61. The highest BCUT2D eigenvalue weighted by Gasteiger charge is 2.32. The van der Waals surface area contributed by atoms with Gasteiger partial charge in [0.1, 0.15) is 4.21 Å². The van der Waals surface area contributed by atoms with E-state index in [1.54, 1.807) is 10.4 Å². The van der Waals surface area contributed by atoms with Gasteiger partial charge in [-0.25, -0.2) is 8.42 Å². The van der Waals surface area contributed by atoms with Crippen molar-refractivity contribution in [2.75, 3.05) is 6.54 Å². The van der Waals surface area contributed by atoms with Crippen LogP contribution in [0.4, 0.5) is 0 Å². The topological polar surface area (TPSA) is 37.4 Å². The molecule has 1 atom stereocenters. The number of nitrogens with zero attached hydrogens (tertiary/aromatic N) is 1. The molecule has 1 unspecified atom stereocenters. The Labute approximate surface area is 128 Å². The van der Waals surface area contributed by atoms with Crippen LogP contribution in [-0.2, 0) is 10.0 Å². The minimum atomic E-state index is -3.33. The lowest BCUT2D eigenvalue weighted by atomic mass is 10.1. The molecule has 0 amide bonds. The summed E-state index contributed by atoms with van der Waals surface area (Å²) in [6, 6.07) is 1.94. The smallest absolute Gasteiger partial charge is 0.206 e. The second-order valence-corrected chi connectivity index (χ2v) is 9.54. The largest absolute Gasteiger partial charge is 0.252 e. The molecule has 0 spiro atoms. The molecule has 19 heavy (non-hydrogen) atoms. The maximum absolute atomic E-state index is 12.8. The van der Waals surface area contributed by atoms with Crippen molar-refractivity contribution >= 4 is 37.3 Å². The summed E-state index contributed by atoms with van der Waals surface area (Å²) < 4.78 is 28.7. The molecule has 1 aliphatic heterocycles. The molecule has 0 saturated carbocycles. The van der Waals surface area contributed by atoms with Crippen LogP contribution in [-0.4, -0.2) is 25.3 Å². The Kier molecular flexibility index (Phi) is 5.09. The summed E-state index contributed by atoms with van der Waals surface area (Å²) in [7, 11) is -3.33. The zero-order valence-electron chi connectivity index (χ0n) is 11.4. The predicted molar refractivity (Wildman–Crippen MR) is 83.2 cm³/mol. The van der Waals surface area contributed by atoms with Crippen LogP contribution in [0, 0.1) is 6.92 Å². The van der Waals surface area contributed by atoms with Crippen LogP contribution in [0.3, 0.4) is 0 Å². The van der Waals surface area contributed by atoms with Gasteiger partial charge >= 0.3 is 0 Å². The van der Waals surface area contributed by atoms with Gasteiger partial charge in [-0.3, -0.25) is 0 Å². The summed E-state index contributed by atoms with van der Waals surface area (Å²) in [5.41, 5.74) is 0.992. The summed E-state index contributed by atoms with van der Waals surface area (Å²) in [5.74, 6) is 0. The van der Waals surface area contributed by atoms with Gasteiger partial charge in [0.25, 0.3) is 10.0 Å². The van der Waals surface area contributed by atoms with Crippen LogP contribution < -0.4 is 0 Å². The van der Waals surface area contributed by atoms with Crippen molar-refractivity contribution in [3.8, 4) is 0 Å². The third-order valence-corrected chi connectivity index (χ3v) is 8.23. The summed E-state index contributed by atoms with van der Waals surface area (Å²) in [4.78, 5) is 0. The van der Waals surface area contributed by atoms with E-state index in [1.165, 1.54) is 11.3 Å². The third kappa shape index (κ3) is 3.23. The lowest BCUT2D eigenvalue weighted by molar-refractivity contribution is 0.315. The van der Waals surface area contributed by atoms with Crippen molar-refractivity contribution < 1.29 is 8.42 Å². The normalized spacial score (nSPS) is 22.4. The van der Waals surface area contributed by atoms with E-state index >= 15 is 0 Å². The molecule has 1 fully saturated rings. The van der Waals surface area contributed by atoms with E-state index in [0.29, 0.717) is 10.8 Å². The molecule has 0 bridgehead atoms. The Morgan fingerprint density at radius 3 is 2.74 bits per heavy atom. The van der Waals surface area contributed by atoms with Gasteiger partial charge in [-0.1, -0.05) is 19.8 Å². The number of hydrogen-bond donors (Lipinski definition) is 0. The Morgan fingerprint density at radius 1 is 1.42 bits per heavy atom. The maximum Gasteiger partial charge on any atom is 0.252 e. The highest BCUT2D eigenvalue weighted by Crippen LogP contribution is 2.34. The molecule has 1 aliphatic rings. The fourth-order valence-corrected chi connectivity index (χ4v) is 6.67. The first-order chi connectivity index (χ1) is 8.96. The quantitative estimate of drug-likeness (QED) is 0.806. The van der Waals surface area contributed by atoms with E-state index in [4.69, 9.17) is 0 Å². The highest BCUT2D eigenvalue weighted by atomic mass is 79.9. The average molecular weight is 366 g/mol. The standard InChI is InChI=1S/C13H20BrNO2S2/c1-3-11-7-5-4-6-8-15(11)19(16,17)12-9-10(2)13(14)18-12/h9,11H,3-8H2,1-2H3. The zero-order chi connectivity index (χ0) is 14.0. The van der Waals surface area contributed by atoms with Gasteiger partial charge in [0, 0.05) is 12.6 Å². The van der Waals surface area contributed by atoms with Crippen LogP contribution in [0.5, 0.6) is 0 Å². The second-order valence-electron chi connectivity index (χ2n) is 5.05. The first-order valence-corrected chi connectivity index (χ1v) is 9.79. The zero-order valence-corrected chi connectivity index (χ0v) is 14.6. The fourth-order valence-electron chi connectivity index (χ4n) is 2.55. The van der Waals surface area contributed by atoms with E-state index < -0.39 is 10.0 Å².